The third-order valence-corrected chi connectivity index (χ3v) is 3.10. The highest BCUT2D eigenvalue weighted by atomic mass is 16.7. The van der Waals surface area contributed by atoms with Gasteiger partial charge in [-0.15, -0.1) is 0 Å². The summed E-state index contributed by atoms with van der Waals surface area (Å²) in [7, 11) is 0. The topological polar surface area (TPSA) is 44.8 Å². The zero-order chi connectivity index (χ0) is 13.8. The molecule has 0 radical (unpaired) electrons. The van der Waals surface area contributed by atoms with Crippen molar-refractivity contribution in [3.63, 3.8) is 0 Å². The Morgan fingerprint density at radius 1 is 1.39 bits per heavy atom. The van der Waals surface area contributed by atoms with Gasteiger partial charge in [-0.05, 0) is 33.1 Å². The fraction of sp³-hybridized carbons (Fsp3) is 0.929. The van der Waals surface area contributed by atoms with Gasteiger partial charge < -0.3 is 14.2 Å². The number of carbonyl (C=O) groups excluding carboxylic acids is 1. The number of hydrogen-bond donors (Lipinski definition) is 0. The van der Waals surface area contributed by atoms with E-state index in [1.54, 1.807) is 0 Å². The summed E-state index contributed by atoms with van der Waals surface area (Å²) in [5.41, 5.74) is 0. The second-order valence-corrected chi connectivity index (χ2v) is 5.62. The SMILES string of the molecule is CCOC(=O)CC[C@H]1CC(C(C)C)OC(C)(C)O1. The molecule has 0 saturated carbocycles. The maximum Gasteiger partial charge on any atom is 0.305 e. The van der Waals surface area contributed by atoms with Crippen LogP contribution >= 0.6 is 0 Å². The van der Waals surface area contributed by atoms with Gasteiger partial charge in [0, 0.05) is 12.8 Å². The van der Waals surface area contributed by atoms with Gasteiger partial charge >= 0.3 is 5.97 Å². The monoisotopic (exact) mass is 258 g/mol. The molecule has 2 atom stereocenters. The van der Waals surface area contributed by atoms with Crippen molar-refractivity contribution in [1.29, 1.82) is 0 Å². The Labute approximate surface area is 110 Å². The second-order valence-electron chi connectivity index (χ2n) is 5.62. The van der Waals surface area contributed by atoms with Gasteiger partial charge in [-0.1, -0.05) is 13.8 Å². The van der Waals surface area contributed by atoms with E-state index in [2.05, 4.69) is 13.8 Å². The number of hydrogen-bond acceptors (Lipinski definition) is 4. The summed E-state index contributed by atoms with van der Waals surface area (Å²) in [6, 6.07) is 0. The summed E-state index contributed by atoms with van der Waals surface area (Å²) in [5.74, 6) is -0.253. The maximum absolute atomic E-state index is 11.4. The van der Waals surface area contributed by atoms with E-state index in [0.717, 1.165) is 6.42 Å². The Balaban J connectivity index is 2.47. The minimum absolute atomic E-state index is 0.0746. The lowest BCUT2D eigenvalue weighted by molar-refractivity contribution is -0.307. The van der Waals surface area contributed by atoms with Crippen LogP contribution in [0, 0.1) is 5.92 Å². The molecule has 4 heteroatoms. The van der Waals surface area contributed by atoms with Crippen molar-refractivity contribution in [3.8, 4) is 0 Å². The molecule has 0 N–H and O–H groups in total. The lowest BCUT2D eigenvalue weighted by Crippen LogP contribution is -2.46. The average molecular weight is 258 g/mol. The van der Waals surface area contributed by atoms with Crippen LogP contribution in [0.3, 0.4) is 0 Å². The van der Waals surface area contributed by atoms with E-state index in [-0.39, 0.29) is 18.2 Å². The molecular weight excluding hydrogens is 232 g/mol. The molecule has 0 aromatic rings. The highest BCUT2D eigenvalue weighted by molar-refractivity contribution is 5.69. The molecule has 0 bridgehead atoms. The summed E-state index contributed by atoms with van der Waals surface area (Å²) >= 11 is 0. The van der Waals surface area contributed by atoms with Gasteiger partial charge in [-0.2, -0.15) is 0 Å². The molecule has 0 aromatic carbocycles. The first-order valence-electron chi connectivity index (χ1n) is 6.85. The molecule has 4 nitrogen and oxygen atoms in total. The van der Waals surface area contributed by atoms with Crippen molar-refractivity contribution in [3.05, 3.63) is 0 Å². The number of carbonyl (C=O) groups is 1. The summed E-state index contributed by atoms with van der Waals surface area (Å²) in [5, 5.41) is 0. The third kappa shape index (κ3) is 4.94. The van der Waals surface area contributed by atoms with Crippen molar-refractivity contribution in [2.75, 3.05) is 6.61 Å². The third-order valence-electron chi connectivity index (χ3n) is 3.10. The highest BCUT2D eigenvalue weighted by Gasteiger charge is 2.36. The Morgan fingerprint density at radius 2 is 2.06 bits per heavy atom. The zero-order valence-corrected chi connectivity index (χ0v) is 12.2. The molecule has 106 valence electrons. The number of rotatable bonds is 5. The van der Waals surface area contributed by atoms with E-state index in [0.29, 0.717) is 25.4 Å². The van der Waals surface area contributed by atoms with Crippen molar-refractivity contribution < 1.29 is 19.0 Å². The van der Waals surface area contributed by atoms with Crippen LogP contribution in [0.25, 0.3) is 0 Å². The molecule has 1 aliphatic rings. The van der Waals surface area contributed by atoms with E-state index in [9.17, 15) is 4.79 Å². The molecule has 0 aliphatic carbocycles. The number of ether oxygens (including phenoxy) is 3. The van der Waals surface area contributed by atoms with Crippen LogP contribution in [0.15, 0.2) is 0 Å². The Bertz CT molecular complexity index is 273. The van der Waals surface area contributed by atoms with E-state index >= 15 is 0 Å². The summed E-state index contributed by atoms with van der Waals surface area (Å²) < 4.78 is 16.7. The van der Waals surface area contributed by atoms with Crippen LogP contribution in [0.4, 0.5) is 0 Å². The molecule has 0 amide bonds. The quantitative estimate of drug-likeness (QED) is 0.711. The standard InChI is InChI=1S/C14H26O4/c1-6-16-13(15)8-7-11-9-12(10(2)3)18-14(4,5)17-11/h10-12H,6-9H2,1-5H3/t11-,12?/m0/s1. The van der Waals surface area contributed by atoms with Gasteiger partial charge in [0.15, 0.2) is 5.79 Å². The van der Waals surface area contributed by atoms with Crippen LogP contribution < -0.4 is 0 Å². The normalized spacial score (nSPS) is 27.2. The minimum atomic E-state index is -0.563. The largest absolute Gasteiger partial charge is 0.466 e. The fourth-order valence-corrected chi connectivity index (χ4v) is 2.25. The van der Waals surface area contributed by atoms with E-state index in [1.807, 2.05) is 20.8 Å². The summed E-state index contributed by atoms with van der Waals surface area (Å²) in [4.78, 5) is 11.4. The molecule has 1 aliphatic heterocycles. The molecule has 0 aromatic heterocycles. The predicted molar refractivity (Wildman–Crippen MR) is 69.1 cm³/mol. The Morgan fingerprint density at radius 3 is 2.61 bits per heavy atom. The van der Waals surface area contributed by atoms with Crippen molar-refractivity contribution in [2.24, 2.45) is 5.92 Å². The van der Waals surface area contributed by atoms with Gasteiger partial charge in [0.1, 0.15) is 0 Å². The van der Waals surface area contributed by atoms with Gasteiger partial charge in [-0.25, -0.2) is 0 Å². The molecular formula is C14H26O4. The number of esters is 1. The summed E-state index contributed by atoms with van der Waals surface area (Å²) in [6.45, 7) is 10.4. The molecule has 18 heavy (non-hydrogen) atoms. The molecule has 1 heterocycles. The van der Waals surface area contributed by atoms with Crippen LogP contribution in [-0.2, 0) is 19.0 Å². The van der Waals surface area contributed by atoms with E-state index < -0.39 is 5.79 Å². The van der Waals surface area contributed by atoms with Crippen molar-refractivity contribution in [1.82, 2.24) is 0 Å². The lowest BCUT2D eigenvalue weighted by Gasteiger charge is -2.42. The Kier molecular flexibility index (Phi) is 5.60. The molecule has 1 saturated heterocycles. The van der Waals surface area contributed by atoms with Crippen LogP contribution in [0.5, 0.6) is 0 Å². The zero-order valence-electron chi connectivity index (χ0n) is 12.2. The summed E-state index contributed by atoms with van der Waals surface area (Å²) in [6.07, 6.45) is 2.24. The lowest BCUT2D eigenvalue weighted by atomic mass is 9.96. The second kappa shape index (κ2) is 6.53. The first-order chi connectivity index (χ1) is 8.34. The minimum Gasteiger partial charge on any atom is -0.466 e. The highest BCUT2D eigenvalue weighted by Crippen LogP contribution is 2.31. The average Bonchev–Trinajstić information content (AvgIpc) is 2.24. The molecule has 1 fully saturated rings. The Hall–Kier alpha value is -0.610. The van der Waals surface area contributed by atoms with Crippen LogP contribution in [0.1, 0.15) is 53.9 Å². The molecule has 0 spiro atoms. The smallest absolute Gasteiger partial charge is 0.305 e. The van der Waals surface area contributed by atoms with Crippen molar-refractivity contribution in [2.45, 2.75) is 71.9 Å². The molecule has 1 rings (SSSR count). The predicted octanol–water partition coefficient (Wildman–Crippen LogP) is 2.90. The first-order valence-corrected chi connectivity index (χ1v) is 6.85. The maximum atomic E-state index is 11.4. The van der Waals surface area contributed by atoms with Gasteiger partial charge in [0.2, 0.25) is 0 Å². The van der Waals surface area contributed by atoms with E-state index in [4.69, 9.17) is 14.2 Å². The first kappa shape index (κ1) is 15.4. The van der Waals surface area contributed by atoms with Gasteiger partial charge in [0.05, 0.1) is 18.8 Å². The van der Waals surface area contributed by atoms with Gasteiger partial charge in [0.25, 0.3) is 0 Å². The fourth-order valence-electron chi connectivity index (χ4n) is 2.25. The van der Waals surface area contributed by atoms with Crippen molar-refractivity contribution >= 4 is 5.97 Å². The van der Waals surface area contributed by atoms with Crippen LogP contribution in [0.2, 0.25) is 0 Å². The van der Waals surface area contributed by atoms with Crippen LogP contribution in [-0.4, -0.2) is 30.6 Å². The van der Waals surface area contributed by atoms with E-state index in [1.165, 1.54) is 0 Å². The van der Waals surface area contributed by atoms with Gasteiger partial charge in [-0.3, -0.25) is 4.79 Å². The molecule has 1 unspecified atom stereocenters.